The average molecular weight is 301 g/mol. The molecule has 2 aromatic rings. The zero-order valence-corrected chi connectivity index (χ0v) is 13.1. The van der Waals surface area contributed by atoms with Crippen molar-refractivity contribution in [1.29, 1.82) is 0 Å². The molecule has 118 valence electrons. The number of nitrogens with zero attached hydrogens (tertiary/aromatic N) is 4. The normalized spacial score (nSPS) is 20.9. The van der Waals surface area contributed by atoms with E-state index in [1.165, 1.54) is 12.0 Å². The molecule has 1 fully saturated rings. The van der Waals surface area contributed by atoms with Gasteiger partial charge in [-0.3, -0.25) is 0 Å². The van der Waals surface area contributed by atoms with Gasteiger partial charge in [0.1, 0.15) is 6.33 Å². The van der Waals surface area contributed by atoms with E-state index in [4.69, 9.17) is 4.74 Å². The van der Waals surface area contributed by atoms with E-state index < -0.39 is 0 Å². The number of benzene rings is 1. The fraction of sp³-hybridized carbons (Fsp3) is 0.562. The molecule has 0 bridgehead atoms. The summed E-state index contributed by atoms with van der Waals surface area (Å²) < 4.78 is 7.48. The molecule has 1 aromatic heterocycles. The van der Waals surface area contributed by atoms with Crippen molar-refractivity contribution in [1.82, 2.24) is 25.5 Å². The lowest BCUT2D eigenvalue weighted by Gasteiger charge is -2.27. The van der Waals surface area contributed by atoms with Crippen molar-refractivity contribution in [3.8, 4) is 5.69 Å². The number of tetrazole rings is 1. The zero-order valence-electron chi connectivity index (χ0n) is 13.1. The molecule has 1 N–H and O–H groups in total. The first-order chi connectivity index (χ1) is 10.8. The molecule has 22 heavy (non-hydrogen) atoms. The molecule has 0 amide bonds. The second-order valence-corrected chi connectivity index (χ2v) is 5.80. The van der Waals surface area contributed by atoms with Gasteiger partial charge in [0.15, 0.2) is 0 Å². The SMILES string of the molecule is CC[C@H](N[C@@H](C)c1ccc(-n2cnnn2)cc1)[C@H]1CCCO1. The van der Waals surface area contributed by atoms with E-state index >= 15 is 0 Å². The van der Waals surface area contributed by atoms with Crippen LogP contribution in [0.2, 0.25) is 0 Å². The van der Waals surface area contributed by atoms with E-state index in [-0.39, 0.29) is 6.04 Å². The summed E-state index contributed by atoms with van der Waals surface area (Å²) in [6, 6.07) is 9.02. The van der Waals surface area contributed by atoms with Crippen LogP contribution in [-0.2, 0) is 4.74 Å². The van der Waals surface area contributed by atoms with Crippen LogP contribution in [0.1, 0.15) is 44.7 Å². The second kappa shape index (κ2) is 6.98. The number of hydrogen-bond acceptors (Lipinski definition) is 5. The highest BCUT2D eigenvalue weighted by atomic mass is 16.5. The lowest BCUT2D eigenvalue weighted by atomic mass is 10.0. The molecule has 1 aromatic carbocycles. The standard InChI is InChI=1S/C16H23N5O/c1-3-15(16-5-4-10-22-16)18-12(2)13-6-8-14(9-7-13)21-11-17-19-20-21/h6-9,11-12,15-16,18H,3-5,10H2,1-2H3/t12-,15-,16+/m0/s1. The lowest BCUT2D eigenvalue weighted by molar-refractivity contribution is 0.0735. The molecule has 1 aliphatic rings. The molecule has 3 atom stereocenters. The molecule has 6 heteroatoms. The minimum absolute atomic E-state index is 0.289. The smallest absolute Gasteiger partial charge is 0.143 e. The van der Waals surface area contributed by atoms with E-state index in [0.717, 1.165) is 25.1 Å². The second-order valence-electron chi connectivity index (χ2n) is 5.80. The van der Waals surface area contributed by atoms with E-state index in [0.29, 0.717) is 12.1 Å². The molecule has 0 spiro atoms. The molecule has 1 saturated heterocycles. The van der Waals surface area contributed by atoms with Gasteiger partial charge in [0.25, 0.3) is 0 Å². The Balaban J connectivity index is 1.65. The zero-order chi connectivity index (χ0) is 15.4. The molecule has 0 unspecified atom stereocenters. The van der Waals surface area contributed by atoms with Gasteiger partial charge in [0.05, 0.1) is 11.8 Å². The van der Waals surface area contributed by atoms with Crippen molar-refractivity contribution in [3.63, 3.8) is 0 Å². The minimum Gasteiger partial charge on any atom is -0.377 e. The fourth-order valence-electron chi connectivity index (χ4n) is 3.02. The molecule has 0 radical (unpaired) electrons. The largest absolute Gasteiger partial charge is 0.377 e. The van der Waals surface area contributed by atoms with Crippen LogP contribution in [0.15, 0.2) is 30.6 Å². The number of hydrogen-bond donors (Lipinski definition) is 1. The van der Waals surface area contributed by atoms with Gasteiger partial charge in [-0.2, -0.15) is 0 Å². The summed E-state index contributed by atoms with van der Waals surface area (Å²) in [6.07, 6.45) is 5.38. The van der Waals surface area contributed by atoms with Crippen molar-refractivity contribution >= 4 is 0 Å². The van der Waals surface area contributed by atoms with Crippen LogP contribution in [0.3, 0.4) is 0 Å². The third-order valence-corrected chi connectivity index (χ3v) is 4.32. The van der Waals surface area contributed by atoms with E-state index in [1.54, 1.807) is 11.0 Å². The average Bonchev–Trinajstić information content (AvgIpc) is 3.25. The van der Waals surface area contributed by atoms with E-state index in [2.05, 4.69) is 46.8 Å². The van der Waals surface area contributed by atoms with Crippen molar-refractivity contribution in [2.75, 3.05) is 6.61 Å². The summed E-state index contributed by atoms with van der Waals surface area (Å²) in [5.74, 6) is 0. The fourth-order valence-corrected chi connectivity index (χ4v) is 3.02. The van der Waals surface area contributed by atoms with Crippen LogP contribution in [0.4, 0.5) is 0 Å². The number of aromatic nitrogens is 4. The highest BCUT2D eigenvalue weighted by Crippen LogP contribution is 2.21. The first-order valence-corrected chi connectivity index (χ1v) is 7.99. The third-order valence-electron chi connectivity index (χ3n) is 4.32. The van der Waals surface area contributed by atoms with Gasteiger partial charge in [-0.25, -0.2) is 4.68 Å². The van der Waals surface area contributed by atoms with E-state index in [1.807, 2.05) is 12.1 Å². The quantitative estimate of drug-likeness (QED) is 0.886. The van der Waals surface area contributed by atoms with E-state index in [9.17, 15) is 0 Å². The van der Waals surface area contributed by atoms with Crippen molar-refractivity contribution in [2.45, 2.75) is 51.3 Å². The summed E-state index contributed by atoms with van der Waals surface area (Å²) in [5, 5.41) is 14.9. The van der Waals surface area contributed by atoms with Gasteiger partial charge in [0.2, 0.25) is 0 Å². The van der Waals surface area contributed by atoms with Crippen LogP contribution in [0, 0.1) is 0 Å². The first kappa shape index (κ1) is 15.1. The Kier molecular flexibility index (Phi) is 4.80. The highest BCUT2D eigenvalue weighted by molar-refractivity contribution is 5.34. The molecule has 1 aliphatic heterocycles. The lowest BCUT2D eigenvalue weighted by Crippen LogP contribution is -2.40. The summed E-state index contributed by atoms with van der Waals surface area (Å²) in [5.41, 5.74) is 2.22. The van der Waals surface area contributed by atoms with Crippen LogP contribution < -0.4 is 5.32 Å². The van der Waals surface area contributed by atoms with Crippen LogP contribution in [0.25, 0.3) is 5.69 Å². The number of rotatable bonds is 6. The topological polar surface area (TPSA) is 64.9 Å². The van der Waals surface area contributed by atoms with Crippen LogP contribution >= 0.6 is 0 Å². The summed E-state index contributed by atoms with van der Waals surface area (Å²) >= 11 is 0. The summed E-state index contributed by atoms with van der Waals surface area (Å²) in [4.78, 5) is 0. The Labute approximate surface area is 130 Å². The van der Waals surface area contributed by atoms with Gasteiger partial charge >= 0.3 is 0 Å². The maximum atomic E-state index is 5.82. The van der Waals surface area contributed by atoms with Crippen LogP contribution in [-0.4, -0.2) is 39.0 Å². The van der Waals surface area contributed by atoms with Gasteiger partial charge in [-0.05, 0) is 54.3 Å². The minimum atomic E-state index is 0.289. The maximum Gasteiger partial charge on any atom is 0.143 e. The maximum absolute atomic E-state index is 5.82. The molecule has 2 heterocycles. The molecule has 6 nitrogen and oxygen atoms in total. The molecular formula is C16H23N5O. The molecule has 0 aliphatic carbocycles. The first-order valence-electron chi connectivity index (χ1n) is 7.99. The number of ether oxygens (including phenoxy) is 1. The molecule has 3 rings (SSSR count). The summed E-state index contributed by atoms with van der Waals surface area (Å²) in [7, 11) is 0. The Morgan fingerprint density at radius 2 is 2.18 bits per heavy atom. The molecular weight excluding hydrogens is 278 g/mol. The predicted octanol–water partition coefficient (Wildman–Crippen LogP) is 2.27. The van der Waals surface area contributed by atoms with Gasteiger partial charge in [-0.1, -0.05) is 19.1 Å². The Morgan fingerprint density at radius 1 is 1.36 bits per heavy atom. The highest BCUT2D eigenvalue weighted by Gasteiger charge is 2.25. The Morgan fingerprint density at radius 3 is 2.77 bits per heavy atom. The van der Waals surface area contributed by atoms with Crippen molar-refractivity contribution < 1.29 is 4.74 Å². The van der Waals surface area contributed by atoms with Gasteiger partial charge < -0.3 is 10.1 Å². The molecule has 0 saturated carbocycles. The Bertz CT molecular complexity index is 563. The Hall–Kier alpha value is -1.79. The predicted molar refractivity (Wildman–Crippen MR) is 83.8 cm³/mol. The van der Waals surface area contributed by atoms with Gasteiger partial charge in [0, 0.05) is 18.7 Å². The van der Waals surface area contributed by atoms with Crippen molar-refractivity contribution in [3.05, 3.63) is 36.2 Å². The van der Waals surface area contributed by atoms with Crippen LogP contribution in [0.5, 0.6) is 0 Å². The number of nitrogens with one attached hydrogen (secondary N) is 1. The van der Waals surface area contributed by atoms with Gasteiger partial charge in [-0.15, -0.1) is 5.10 Å². The third kappa shape index (κ3) is 3.34. The monoisotopic (exact) mass is 301 g/mol. The summed E-state index contributed by atoms with van der Waals surface area (Å²) in [6.45, 7) is 5.31. The van der Waals surface area contributed by atoms with Crippen molar-refractivity contribution in [2.24, 2.45) is 0 Å².